The Morgan fingerprint density at radius 3 is 2.36 bits per heavy atom. The molecule has 0 aromatic rings. The molecule has 8 nitrogen and oxygen atoms in total. The van der Waals surface area contributed by atoms with E-state index in [0.29, 0.717) is 26.1 Å². The number of carbonyl (C=O) groups excluding carboxylic acids is 3. The fourth-order valence-electron chi connectivity index (χ4n) is 6.39. The van der Waals surface area contributed by atoms with Gasteiger partial charge in [-0.2, -0.15) is 0 Å². The first kappa shape index (κ1) is 28.9. The molecule has 1 spiro atoms. The minimum Gasteiger partial charge on any atom is -0.394 e. The van der Waals surface area contributed by atoms with Crippen molar-refractivity contribution in [1.29, 1.82) is 0 Å². The first-order valence-electron chi connectivity index (χ1n) is 13.1. The predicted molar refractivity (Wildman–Crippen MR) is 142 cm³/mol. The summed E-state index contributed by atoms with van der Waals surface area (Å²) >= 11 is 3.72. The Hall–Kier alpha value is -1.71. The lowest BCUT2D eigenvalue weighted by atomic mass is 9.70. The van der Waals surface area contributed by atoms with E-state index in [1.54, 1.807) is 26.9 Å². The smallest absolute Gasteiger partial charge is 0.248 e. The molecule has 3 heterocycles. The SMILES string of the molecule is C=CCN(CCC)C(=O)[C@H]1[C@@H]2OC3(CC2Br)C(C(=O)N(CC=C)C(C)C)N([C@@H](CO)C(C)C)C(=O)[C@H]13. The molecule has 36 heavy (non-hydrogen) atoms. The first-order valence-corrected chi connectivity index (χ1v) is 14.0. The van der Waals surface area contributed by atoms with E-state index in [1.165, 1.54) is 0 Å². The topological polar surface area (TPSA) is 90.4 Å². The number of carbonyl (C=O) groups is 3. The van der Waals surface area contributed by atoms with Crippen LogP contribution in [0.5, 0.6) is 0 Å². The Kier molecular flexibility index (Phi) is 9.10. The van der Waals surface area contributed by atoms with Crippen LogP contribution in [0, 0.1) is 17.8 Å². The van der Waals surface area contributed by atoms with Gasteiger partial charge < -0.3 is 24.5 Å². The second-order valence-electron chi connectivity index (χ2n) is 10.8. The fraction of sp³-hybridized carbons (Fsp3) is 0.741. The van der Waals surface area contributed by atoms with Crippen LogP contribution in [0.1, 0.15) is 47.5 Å². The van der Waals surface area contributed by atoms with Gasteiger partial charge in [0.15, 0.2) is 0 Å². The lowest BCUT2D eigenvalue weighted by molar-refractivity contribution is -0.153. The molecule has 3 unspecified atom stereocenters. The van der Waals surface area contributed by atoms with Crippen molar-refractivity contribution in [3.63, 3.8) is 0 Å². The molecule has 3 saturated heterocycles. The van der Waals surface area contributed by atoms with Crippen LogP contribution in [0.3, 0.4) is 0 Å². The highest BCUT2D eigenvalue weighted by Crippen LogP contribution is 2.61. The number of amides is 3. The van der Waals surface area contributed by atoms with Crippen LogP contribution in [0.15, 0.2) is 25.3 Å². The maximum absolute atomic E-state index is 14.2. The number of rotatable bonds is 12. The Balaban J connectivity index is 2.16. The predicted octanol–water partition coefficient (Wildman–Crippen LogP) is 2.60. The summed E-state index contributed by atoms with van der Waals surface area (Å²) < 4.78 is 6.62. The van der Waals surface area contributed by atoms with Crippen LogP contribution >= 0.6 is 15.9 Å². The minimum absolute atomic E-state index is 0.0974. The largest absolute Gasteiger partial charge is 0.394 e. The van der Waals surface area contributed by atoms with Gasteiger partial charge in [0.1, 0.15) is 11.6 Å². The Bertz CT molecular complexity index is 879. The Morgan fingerprint density at radius 2 is 1.86 bits per heavy atom. The summed E-state index contributed by atoms with van der Waals surface area (Å²) in [5, 5.41) is 10.3. The zero-order valence-electron chi connectivity index (χ0n) is 22.2. The lowest BCUT2D eigenvalue weighted by Crippen LogP contribution is -2.60. The molecule has 202 valence electrons. The monoisotopic (exact) mass is 567 g/mol. The number of aliphatic hydroxyl groups excluding tert-OH is 1. The molecular weight excluding hydrogens is 526 g/mol. The van der Waals surface area contributed by atoms with Gasteiger partial charge >= 0.3 is 0 Å². The van der Waals surface area contributed by atoms with E-state index in [0.717, 1.165) is 6.42 Å². The van der Waals surface area contributed by atoms with E-state index in [2.05, 4.69) is 29.1 Å². The van der Waals surface area contributed by atoms with E-state index < -0.39 is 35.6 Å². The fourth-order valence-corrected chi connectivity index (χ4v) is 7.33. The number of hydrogen-bond acceptors (Lipinski definition) is 5. The van der Waals surface area contributed by atoms with Gasteiger partial charge in [0, 0.05) is 30.5 Å². The van der Waals surface area contributed by atoms with Crippen LogP contribution in [-0.4, -0.2) is 98.4 Å². The van der Waals surface area contributed by atoms with E-state index in [1.807, 2.05) is 34.6 Å². The van der Waals surface area contributed by atoms with Crippen LogP contribution in [0.25, 0.3) is 0 Å². The third-order valence-corrected chi connectivity index (χ3v) is 8.79. The number of fused-ring (bicyclic) bond motifs is 1. The van der Waals surface area contributed by atoms with E-state index in [-0.39, 0.29) is 41.1 Å². The van der Waals surface area contributed by atoms with Gasteiger partial charge in [-0.05, 0) is 32.6 Å². The number of hydrogen-bond donors (Lipinski definition) is 1. The Morgan fingerprint density at radius 1 is 1.22 bits per heavy atom. The number of nitrogens with zero attached hydrogens (tertiary/aromatic N) is 3. The van der Waals surface area contributed by atoms with Crippen molar-refractivity contribution in [2.45, 2.75) is 82.1 Å². The summed E-state index contributed by atoms with van der Waals surface area (Å²) in [7, 11) is 0. The average molecular weight is 569 g/mol. The molecule has 3 amide bonds. The molecular formula is C27H42BrN3O5. The third-order valence-electron chi connectivity index (χ3n) is 7.95. The average Bonchev–Trinajstić information content (AvgIpc) is 3.40. The number of alkyl halides is 1. The standard InChI is InChI=1S/C27H42BrN3O5/c1-8-11-29(12-9-2)24(33)20-21-25(34)31(19(15-32)16(4)5)23(26(35)30(13-10-3)17(6)7)27(21)14-18(28)22(20)36-27/h8,10,16-23,32H,1,3,9,11-15H2,2,4-7H3/t18?,19-,20+,21-,22+,23?,27?/m0/s1. The second-order valence-corrected chi connectivity index (χ2v) is 12.0. The zero-order valence-corrected chi connectivity index (χ0v) is 23.8. The van der Waals surface area contributed by atoms with Crippen molar-refractivity contribution in [3.05, 3.63) is 25.3 Å². The molecule has 0 aromatic carbocycles. The summed E-state index contributed by atoms with van der Waals surface area (Å²) in [4.78, 5) is 47.2. The molecule has 3 rings (SSSR count). The molecule has 0 aliphatic carbocycles. The third kappa shape index (κ3) is 4.56. The quantitative estimate of drug-likeness (QED) is 0.289. The van der Waals surface area contributed by atoms with Gasteiger partial charge in [-0.1, -0.05) is 48.9 Å². The van der Waals surface area contributed by atoms with Crippen molar-refractivity contribution in [1.82, 2.24) is 14.7 Å². The molecule has 0 saturated carbocycles. The number of aliphatic hydroxyl groups is 1. The summed E-state index contributed by atoms with van der Waals surface area (Å²) in [6.45, 7) is 18.3. The van der Waals surface area contributed by atoms with Gasteiger partial charge in [0.2, 0.25) is 17.7 Å². The van der Waals surface area contributed by atoms with Crippen LogP contribution < -0.4 is 0 Å². The second kappa shape index (κ2) is 11.4. The summed E-state index contributed by atoms with van der Waals surface area (Å²) in [6, 6.07) is -1.63. The lowest BCUT2D eigenvalue weighted by Gasteiger charge is -2.41. The molecule has 0 aromatic heterocycles. The van der Waals surface area contributed by atoms with Crippen LogP contribution in [0.2, 0.25) is 0 Å². The molecule has 1 N–H and O–H groups in total. The minimum atomic E-state index is -1.14. The van der Waals surface area contributed by atoms with Crippen molar-refractivity contribution in [2.75, 3.05) is 26.2 Å². The zero-order chi connectivity index (χ0) is 26.9. The molecule has 0 radical (unpaired) electrons. The summed E-state index contributed by atoms with van der Waals surface area (Å²) in [5.74, 6) is -2.24. The molecule has 3 fully saturated rings. The van der Waals surface area contributed by atoms with Gasteiger partial charge in [-0.25, -0.2) is 0 Å². The van der Waals surface area contributed by atoms with Crippen molar-refractivity contribution in [3.8, 4) is 0 Å². The van der Waals surface area contributed by atoms with Crippen molar-refractivity contribution in [2.24, 2.45) is 17.8 Å². The molecule has 7 atom stereocenters. The van der Waals surface area contributed by atoms with Gasteiger partial charge in [-0.15, -0.1) is 13.2 Å². The number of halogens is 1. The van der Waals surface area contributed by atoms with Crippen LogP contribution in [-0.2, 0) is 19.1 Å². The molecule has 3 aliphatic rings. The van der Waals surface area contributed by atoms with E-state index >= 15 is 0 Å². The van der Waals surface area contributed by atoms with E-state index in [9.17, 15) is 19.5 Å². The highest BCUT2D eigenvalue weighted by molar-refractivity contribution is 9.09. The molecule has 3 aliphatic heterocycles. The number of ether oxygens (including phenoxy) is 1. The summed E-state index contributed by atoms with van der Waals surface area (Å²) in [6.07, 6.45) is 4.07. The highest BCUT2D eigenvalue weighted by Gasteiger charge is 2.77. The molecule has 2 bridgehead atoms. The summed E-state index contributed by atoms with van der Waals surface area (Å²) in [5.41, 5.74) is -1.14. The Labute approximate surface area is 223 Å². The van der Waals surface area contributed by atoms with Crippen molar-refractivity contribution < 1.29 is 24.2 Å². The van der Waals surface area contributed by atoms with Crippen LogP contribution in [0.4, 0.5) is 0 Å². The van der Waals surface area contributed by atoms with E-state index in [4.69, 9.17) is 4.74 Å². The highest BCUT2D eigenvalue weighted by atomic mass is 79.9. The van der Waals surface area contributed by atoms with Gasteiger partial charge in [0.05, 0.1) is 30.6 Å². The number of likely N-dealkylation sites (tertiary alicyclic amines) is 1. The van der Waals surface area contributed by atoms with Crippen molar-refractivity contribution >= 4 is 33.7 Å². The maximum Gasteiger partial charge on any atom is 0.248 e. The molecule has 9 heteroatoms. The van der Waals surface area contributed by atoms with Gasteiger partial charge in [0.25, 0.3) is 0 Å². The van der Waals surface area contributed by atoms with Gasteiger partial charge in [-0.3, -0.25) is 14.4 Å². The maximum atomic E-state index is 14.2. The first-order chi connectivity index (χ1) is 17.0. The normalized spacial score (nSPS) is 31.6.